The number of rotatable bonds is 3. The molecule has 2 aliphatic heterocycles. The fourth-order valence-electron chi connectivity index (χ4n) is 3.06. The summed E-state index contributed by atoms with van der Waals surface area (Å²) in [5.41, 5.74) is 2.52. The van der Waals surface area contributed by atoms with Gasteiger partial charge in [-0.05, 0) is 18.1 Å². The third kappa shape index (κ3) is 2.07. The van der Waals surface area contributed by atoms with Crippen LogP contribution in [-0.4, -0.2) is 40.7 Å². The van der Waals surface area contributed by atoms with Crippen LogP contribution in [0.1, 0.15) is 5.56 Å². The minimum absolute atomic E-state index is 0.286. The molecule has 0 atom stereocenters. The number of aromatic nitrogens is 2. The maximum Gasteiger partial charge on any atom is 0.310 e. The standard InChI is InChI=1S/C16H16N4O2/c21-16(22)12-8-19(9-12)14-7-15(18-10-17-14)20-6-5-11-3-1-2-4-13(11)20/h1-4,7,10,12H,5-6,8-9H2,(H,21,22). The van der Waals surface area contributed by atoms with E-state index in [4.69, 9.17) is 5.11 Å². The summed E-state index contributed by atoms with van der Waals surface area (Å²) in [6.07, 6.45) is 2.57. The highest BCUT2D eigenvalue weighted by Crippen LogP contribution is 2.34. The molecular weight excluding hydrogens is 280 g/mol. The molecule has 3 heterocycles. The molecular formula is C16H16N4O2. The second-order valence-corrected chi connectivity index (χ2v) is 5.70. The quantitative estimate of drug-likeness (QED) is 0.929. The Hall–Kier alpha value is -2.63. The molecule has 0 bridgehead atoms. The van der Waals surface area contributed by atoms with Crippen molar-refractivity contribution in [1.82, 2.24) is 9.97 Å². The number of anilines is 3. The third-order valence-electron chi connectivity index (χ3n) is 4.36. The molecule has 1 saturated heterocycles. The van der Waals surface area contributed by atoms with E-state index in [9.17, 15) is 4.79 Å². The van der Waals surface area contributed by atoms with Crippen molar-refractivity contribution in [2.45, 2.75) is 6.42 Å². The number of para-hydroxylation sites is 1. The number of carboxylic acids is 1. The van der Waals surface area contributed by atoms with Gasteiger partial charge in [-0.3, -0.25) is 4.79 Å². The lowest BCUT2D eigenvalue weighted by atomic mass is 10.0. The predicted octanol–water partition coefficient (Wildman–Crippen LogP) is 1.69. The van der Waals surface area contributed by atoms with Crippen molar-refractivity contribution in [3.05, 3.63) is 42.2 Å². The van der Waals surface area contributed by atoms with Gasteiger partial charge in [0.2, 0.25) is 0 Å². The number of nitrogens with zero attached hydrogens (tertiary/aromatic N) is 4. The van der Waals surface area contributed by atoms with Gasteiger partial charge in [0, 0.05) is 31.4 Å². The van der Waals surface area contributed by atoms with Crippen LogP contribution in [0.25, 0.3) is 0 Å². The fraction of sp³-hybridized carbons (Fsp3) is 0.312. The molecule has 1 aromatic carbocycles. The van der Waals surface area contributed by atoms with Crippen LogP contribution in [0, 0.1) is 5.92 Å². The van der Waals surface area contributed by atoms with Gasteiger partial charge >= 0.3 is 5.97 Å². The molecule has 6 nitrogen and oxygen atoms in total. The molecule has 22 heavy (non-hydrogen) atoms. The van der Waals surface area contributed by atoms with E-state index in [1.165, 1.54) is 11.3 Å². The molecule has 0 unspecified atom stereocenters. The number of hydrogen-bond donors (Lipinski definition) is 1. The monoisotopic (exact) mass is 296 g/mol. The lowest BCUT2D eigenvalue weighted by molar-refractivity contribution is -0.142. The molecule has 2 aliphatic rings. The first-order valence-corrected chi connectivity index (χ1v) is 7.37. The van der Waals surface area contributed by atoms with Crippen molar-refractivity contribution in [3.8, 4) is 0 Å². The van der Waals surface area contributed by atoms with Crippen molar-refractivity contribution in [2.75, 3.05) is 29.4 Å². The van der Waals surface area contributed by atoms with Crippen molar-refractivity contribution in [2.24, 2.45) is 5.92 Å². The molecule has 0 saturated carbocycles. The first-order chi connectivity index (χ1) is 10.7. The van der Waals surface area contributed by atoms with Crippen molar-refractivity contribution in [3.63, 3.8) is 0 Å². The van der Waals surface area contributed by atoms with E-state index in [0.717, 1.165) is 24.6 Å². The number of hydrogen-bond acceptors (Lipinski definition) is 5. The van der Waals surface area contributed by atoms with E-state index >= 15 is 0 Å². The van der Waals surface area contributed by atoms with Gasteiger partial charge < -0.3 is 14.9 Å². The Kier molecular flexibility index (Phi) is 2.96. The molecule has 0 aliphatic carbocycles. The zero-order valence-corrected chi connectivity index (χ0v) is 12.0. The number of benzene rings is 1. The Bertz CT molecular complexity index is 728. The first kappa shape index (κ1) is 13.1. The number of carboxylic acid groups (broad SMARTS) is 1. The largest absolute Gasteiger partial charge is 0.481 e. The summed E-state index contributed by atoms with van der Waals surface area (Å²) < 4.78 is 0. The van der Waals surface area contributed by atoms with Crippen LogP contribution in [0.5, 0.6) is 0 Å². The normalized spacial score (nSPS) is 17.3. The van der Waals surface area contributed by atoms with E-state index in [1.807, 2.05) is 17.0 Å². The Labute approximate surface area is 128 Å². The van der Waals surface area contributed by atoms with Crippen LogP contribution in [0.15, 0.2) is 36.7 Å². The van der Waals surface area contributed by atoms with Gasteiger partial charge in [-0.1, -0.05) is 18.2 Å². The number of fused-ring (bicyclic) bond motifs is 1. The van der Waals surface area contributed by atoms with Gasteiger partial charge in [-0.2, -0.15) is 0 Å². The van der Waals surface area contributed by atoms with E-state index < -0.39 is 5.97 Å². The second-order valence-electron chi connectivity index (χ2n) is 5.70. The summed E-state index contributed by atoms with van der Waals surface area (Å²) in [6.45, 7) is 1.94. The lowest BCUT2D eigenvalue weighted by Crippen LogP contribution is -2.50. The highest BCUT2D eigenvalue weighted by atomic mass is 16.4. The van der Waals surface area contributed by atoms with Gasteiger partial charge in [-0.25, -0.2) is 9.97 Å². The molecule has 0 amide bonds. The summed E-state index contributed by atoms with van der Waals surface area (Å²) in [4.78, 5) is 23.7. The van der Waals surface area contributed by atoms with Crippen molar-refractivity contribution < 1.29 is 9.90 Å². The van der Waals surface area contributed by atoms with Gasteiger partial charge in [-0.15, -0.1) is 0 Å². The maximum atomic E-state index is 10.9. The highest BCUT2D eigenvalue weighted by Gasteiger charge is 2.33. The van der Waals surface area contributed by atoms with Crippen LogP contribution in [0.2, 0.25) is 0 Å². The van der Waals surface area contributed by atoms with Gasteiger partial charge in [0.25, 0.3) is 0 Å². The summed E-state index contributed by atoms with van der Waals surface area (Å²) in [7, 11) is 0. The van der Waals surface area contributed by atoms with Crippen LogP contribution >= 0.6 is 0 Å². The van der Waals surface area contributed by atoms with Crippen LogP contribution in [-0.2, 0) is 11.2 Å². The minimum atomic E-state index is -0.737. The Morgan fingerprint density at radius 1 is 1.18 bits per heavy atom. The first-order valence-electron chi connectivity index (χ1n) is 7.37. The molecule has 112 valence electrons. The van der Waals surface area contributed by atoms with Gasteiger partial charge in [0.15, 0.2) is 0 Å². The SMILES string of the molecule is O=C(O)C1CN(c2cc(N3CCc4ccccc43)ncn2)C1. The topological polar surface area (TPSA) is 69.6 Å². The predicted molar refractivity (Wildman–Crippen MR) is 82.5 cm³/mol. The summed E-state index contributed by atoms with van der Waals surface area (Å²) in [5.74, 6) is 0.644. The zero-order valence-electron chi connectivity index (χ0n) is 12.0. The van der Waals surface area contributed by atoms with Crippen molar-refractivity contribution in [1.29, 1.82) is 0 Å². The summed E-state index contributed by atoms with van der Waals surface area (Å²) in [5, 5.41) is 8.97. The highest BCUT2D eigenvalue weighted by molar-refractivity contribution is 5.75. The third-order valence-corrected chi connectivity index (χ3v) is 4.36. The second kappa shape index (κ2) is 4.98. The Morgan fingerprint density at radius 3 is 2.77 bits per heavy atom. The molecule has 4 rings (SSSR count). The van der Waals surface area contributed by atoms with Crippen LogP contribution in [0.4, 0.5) is 17.3 Å². The smallest absolute Gasteiger partial charge is 0.310 e. The van der Waals surface area contributed by atoms with E-state index in [-0.39, 0.29) is 5.92 Å². The minimum Gasteiger partial charge on any atom is -0.481 e. The lowest BCUT2D eigenvalue weighted by Gasteiger charge is -2.37. The van der Waals surface area contributed by atoms with Crippen molar-refractivity contribution >= 4 is 23.3 Å². The zero-order chi connectivity index (χ0) is 15.1. The number of carbonyl (C=O) groups is 1. The summed E-state index contributed by atoms with van der Waals surface area (Å²) >= 11 is 0. The maximum absolute atomic E-state index is 10.9. The molecule has 1 N–H and O–H groups in total. The Balaban J connectivity index is 1.58. The molecule has 0 radical (unpaired) electrons. The average molecular weight is 296 g/mol. The number of aliphatic carboxylic acids is 1. The van der Waals surface area contributed by atoms with Crippen LogP contribution < -0.4 is 9.80 Å². The Morgan fingerprint density at radius 2 is 1.95 bits per heavy atom. The molecule has 0 spiro atoms. The van der Waals surface area contributed by atoms with Gasteiger partial charge in [0.05, 0.1) is 5.92 Å². The summed E-state index contributed by atoms with van der Waals surface area (Å²) in [6, 6.07) is 10.3. The van der Waals surface area contributed by atoms with Crippen LogP contribution in [0.3, 0.4) is 0 Å². The van der Waals surface area contributed by atoms with E-state index in [0.29, 0.717) is 13.1 Å². The molecule has 2 aromatic rings. The molecule has 6 heteroatoms. The van der Waals surface area contributed by atoms with E-state index in [2.05, 4.69) is 33.1 Å². The molecule has 1 fully saturated rings. The van der Waals surface area contributed by atoms with Gasteiger partial charge in [0.1, 0.15) is 18.0 Å². The molecule has 1 aromatic heterocycles. The van der Waals surface area contributed by atoms with E-state index in [1.54, 1.807) is 6.33 Å². The average Bonchev–Trinajstić information content (AvgIpc) is 2.89. The fourth-order valence-corrected chi connectivity index (χ4v) is 3.06.